The van der Waals surface area contributed by atoms with Crippen molar-refractivity contribution in [1.82, 2.24) is 4.90 Å². The maximum Gasteiger partial charge on any atom is 0.258 e. The third-order valence-corrected chi connectivity index (χ3v) is 3.37. The number of halogens is 1. The molecule has 0 radical (unpaired) electrons. The lowest BCUT2D eigenvalue weighted by Gasteiger charge is -2.16. The molecule has 0 spiro atoms. The van der Waals surface area contributed by atoms with Gasteiger partial charge in [0.1, 0.15) is 0 Å². The van der Waals surface area contributed by atoms with E-state index in [0.717, 1.165) is 41.5 Å². The maximum absolute atomic E-state index is 12.1. The minimum Gasteiger partial charge on any atom is -0.308 e. The Kier molecular flexibility index (Phi) is 6.13. The summed E-state index contributed by atoms with van der Waals surface area (Å²) >= 11 is 3.39. The van der Waals surface area contributed by atoms with Gasteiger partial charge in [0.15, 0.2) is 0 Å². The van der Waals surface area contributed by atoms with Gasteiger partial charge < -0.3 is 4.90 Å². The number of hydrogen-bond acceptors (Lipinski definition) is 1. The van der Waals surface area contributed by atoms with Gasteiger partial charge in [-0.1, -0.05) is 54.6 Å². The lowest BCUT2D eigenvalue weighted by molar-refractivity contribution is 0.0849. The molecule has 0 fully saturated rings. The number of fused-ring (bicyclic) bond motifs is 1. The number of benzene rings is 1. The summed E-state index contributed by atoms with van der Waals surface area (Å²) in [5.41, 5.74) is 2.60. The second kappa shape index (κ2) is 7.37. The zero-order valence-electron chi connectivity index (χ0n) is 11.1. The van der Waals surface area contributed by atoms with Crippen LogP contribution in [0.5, 0.6) is 0 Å². The van der Waals surface area contributed by atoms with Crippen LogP contribution in [0.4, 0.5) is 0 Å². The minimum absolute atomic E-state index is 0.0928. The van der Waals surface area contributed by atoms with Crippen LogP contribution >= 0.6 is 15.9 Å². The number of carbonyl (C=O) groups is 1. The fraction of sp³-hybridized carbons (Fsp3) is 0.400. The van der Waals surface area contributed by atoms with E-state index in [2.05, 4.69) is 22.5 Å². The molecule has 0 N–H and O–H groups in total. The van der Waals surface area contributed by atoms with Gasteiger partial charge in [0.05, 0.1) is 0 Å². The van der Waals surface area contributed by atoms with Crippen LogP contribution in [-0.2, 0) is 0 Å². The monoisotopic (exact) mass is 309 g/mol. The van der Waals surface area contributed by atoms with E-state index >= 15 is 0 Å². The van der Waals surface area contributed by atoms with Crippen molar-refractivity contribution in [3.8, 4) is 0 Å². The predicted octanol–water partition coefficient (Wildman–Crippen LogP) is 4.31. The van der Waals surface area contributed by atoms with E-state index in [1.807, 2.05) is 38.1 Å². The fourth-order valence-corrected chi connectivity index (χ4v) is 2.33. The van der Waals surface area contributed by atoms with Crippen LogP contribution in [0.25, 0.3) is 5.70 Å². The molecule has 18 heavy (non-hydrogen) atoms. The first-order valence-corrected chi connectivity index (χ1v) is 7.54. The fourth-order valence-electron chi connectivity index (χ4n) is 1.94. The molecule has 1 aromatic carbocycles. The molecule has 1 aromatic rings. The highest BCUT2D eigenvalue weighted by molar-refractivity contribution is 9.09. The van der Waals surface area contributed by atoms with Gasteiger partial charge >= 0.3 is 0 Å². The number of alkyl halides is 1. The molecule has 3 heteroatoms. The van der Waals surface area contributed by atoms with Crippen molar-refractivity contribution in [2.75, 3.05) is 11.9 Å². The first-order chi connectivity index (χ1) is 8.75. The van der Waals surface area contributed by atoms with E-state index in [9.17, 15) is 4.79 Å². The summed E-state index contributed by atoms with van der Waals surface area (Å²) < 4.78 is 0. The average Bonchev–Trinajstić information content (AvgIpc) is 2.67. The molecule has 0 saturated carbocycles. The Labute approximate surface area is 118 Å². The molecule has 2 rings (SSSR count). The first-order valence-electron chi connectivity index (χ1n) is 6.42. The van der Waals surface area contributed by atoms with Gasteiger partial charge in [0, 0.05) is 28.7 Å². The molecule has 1 aliphatic heterocycles. The largest absolute Gasteiger partial charge is 0.308 e. The molecule has 0 aliphatic carbocycles. The van der Waals surface area contributed by atoms with E-state index in [-0.39, 0.29) is 5.91 Å². The lowest BCUT2D eigenvalue weighted by atomic mass is 10.1. The van der Waals surface area contributed by atoms with Crippen molar-refractivity contribution in [2.24, 2.45) is 0 Å². The summed E-state index contributed by atoms with van der Waals surface area (Å²) in [6, 6.07) is 7.67. The van der Waals surface area contributed by atoms with Crippen LogP contribution in [0.2, 0.25) is 0 Å². The molecule has 1 amide bonds. The molecule has 1 aliphatic rings. The highest BCUT2D eigenvalue weighted by Crippen LogP contribution is 2.31. The van der Waals surface area contributed by atoms with E-state index in [1.54, 1.807) is 4.90 Å². The van der Waals surface area contributed by atoms with Crippen LogP contribution in [0.1, 0.15) is 42.6 Å². The van der Waals surface area contributed by atoms with Crippen molar-refractivity contribution in [2.45, 2.75) is 26.7 Å². The highest BCUT2D eigenvalue weighted by atomic mass is 79.9. The van der Waals surface area contributed by atoms with Crippen LogP contribution < -0.4 is 0 Å². The van der Waals surface area contributed by atoms with Gasteiger partial charge in [-0.3, -0.25) is 4.79 Å². The van der Waals surface area contributed by atoms with Gasteiger partial charge in [-0.25, -0.2) is 0 Å². The van der Waals surface area contributed by atoms with Crippen molar-refractivity contribution >= 4 is 27.5 Å². The molecular formula is C15H20BrNO. The summed E-state index contributed by atoms with van der Waals surface area (Å²) in [4.78, 5) is 13.8. The summed E-state index contributed by atoms with van der Waals surface area (Å²) in [5, 5.41) is 0.981. The minimum atomic E-state index is 0.0928. The third kappa shape index (κ3) is 3.02. The molecule has 0 saturated heterocycles. The van der Waals surface area contributed by atoms with Crippen molar-refractivity contribution in [3.05, 3.63) is 42.0 Å². The Morgan fingerprint density at radius 3 is 2.33 bits per heavy atom. The number of nitrogens with zero attached hydrogens (tertiary/aromatic N) is 1. The second-order valence-electron chi connectivity index (χ2n) is 3.85. The van der Waals surface area contributed by atoms with E-state index in [4.69, 9.17) is 0 Å². The molecule has 0 aromatic heterocycles. The average molecular weight is 310 g/mol. The summed E-state index contributed by atoms with van der Waals surface area (Å²) in [6.45, 7) is 8.76. The molecular weight excluding hydrogens is 290 g/mol. The Hall–Kier alpha value is -1.09. The number of hydrogen-bond donors (Lipinski definition) is 0. The Morgan fingerprint density at radius 1 is 1.17 bits per heavy atom. The number of amides is 1. The van der Waals surface area contributed by atoms with Crippen molar-refractivity contribution in [3.63, 3.8) is 0 Å². The first kappa shape index (κ1) is 15.0. The molecule has 98 valence electrons. The highest BCUT2D eigenvalue weighted by Gasteiger charge is 2.29. The van der Waals surface area contributed by atoms with Gasteiger partial charge in [-0.2, -0.15) is 0 Å². The van der Waals surface area contributed by atoms with Crippen LogP contribution in [0.15, 0.2) is 30.8 Å². The number of carbonyl (C=O) groups excluding carboxylic acids is 1. The number of rotatable bonds is 4. The topological polar surface area (TPSA) is 20.3 Å². The van der Waals surface area contributed by atoms with Crippen LogP contribution in [0, 0.1) is 0 Å². The van der Waals surface area contributed by atoms with Crippen LogP contribution in [-0.4, -0.2) is 22.7 Å². The molecule has 0 bridgehead atoms. The van der Waals surface area contributed by atoms with Gasteiger partial charge in [0.2, 0.25) is 0 Å². The third-order valence-electron chi connectivity index (χ3n) is 2.80. The van der Waals surface area contributed by atoms with Crippen LogP contribution in [0.3, 0.4) is 0 Å². The van der Waals surface area contributed by atoms with E-state index < -0.39 is 0 Å². The van der Waals surface area contributed by atoms with Crippen molar-refractivity contribution in [1.29, 1.82) is 0 Å². The predicted molar refractivity (Wildman–Crippen MR) is 80.9 cm³/mol. The Bertz CT molecular complexity index is 393. The van der Waals surface area contributed by atoms with E-state index in [0.29, 0.717) is 0 Å². The normalized spacial score (nSPS) is 13.2. The van der Waals surface area contributed by atoms with Crippen molar-refractivity contribution < 1.29 is 4.79 Å². The zero-order valence-corrected chi connectivity index (χ0v) is 12.7. The molecule has 2 nitrogen and oxygen atoms in total. The van der Waals surface area contributed by atoms with Gasteiger partial charge in [-0.15, -0.1) is 0 Å². The molecule has 1 heterocycles. The van der Waals surface area contributed by atoms with E-state index in [1.165, 1.54) is 0 Å². The second-order valence-corrected chi connectivity index (χ2v) is 4.64. The Morgan fingerprint density at radius 2 is 1.78 bits per heavy atom. The summed E-state index contributed by atoms with van der Waals surface area (Å²) in [7, 11) is 0. The molecule has 0 atom stereocenters. The number of unbranched alkanes of at least 4 members (excludes halogenated alkanes) is 1. The lowest BCUT2D eigenvalue weighted by Crippen LogP contribution is -2.23. The molecule has 0 unspecified atom stereocenters. The standard InChI is InChI=1S/C13H14BrNO.C2H6/c1-10-11-6-2-3-7-12(11)13(16)15(10)9-5-4-8-14;1-2/h2-3,6-7H,1,4-5,8-9H2;1-2H3. The SMILES string of the molecule is C=C1c2ccccc2C(=O)N1CCCCBr.CC. The smallest absolute Gasteiger partial charge is 0.258 e. The summed E-state index contributed by atoms with van der Waals surface area (Å²) in [6.07, 6.45) is 2.08. The Balaban J connectivity index is 0.000000771. The van der Waals surface area contributed by atoms with Gasteiger partial charge in [0.25, 0.3) is 5.91 Å². The van der Waals surface area contributed by atoms with Gasteiger partial charge in [-0.05, 0) is 18.9 Å². The maximum atomic E-state index is 12.1. The summed E-state index contributed by atoms with van der Waals surface area (Å²) in [5.74, 6) is 0.0928. The quantitative estimate of drug-likeness (QED) is 0.599. The zero-order chi connectivity index (χ0) is 13.5.